The van der Waals surface area contributed by atoms with Crippen LogP contribution in [0.15, 0.2) is 60.7 Å². The summed E-state index contributed by atoms with van der Waals surface area (Å²) in [5.74, 6) is -0.0586. The van der Waals surface area contributed by atoms with Gasteiger partial charge in [-0.1, -0.05) is 48.0 Å². The van der Waals surface area contributed by atoms with Gasteiger partial charge in [0.15, 0.2) is 5.78 Å². The van der Waals surface area contributed by atoms with E-state index in [1.165, 1.54) is 6.08 Å². The molecule has 0 fully saturated rings. The maximum atomic E-state index is 11.8. The van der Waals surface area contributed by atoms with E-state index in [4.69, 9.17) is 11.6 Å². The second-order valence-electron chi connectivity index (χ2n) is 5.11. The maximum Gasteiger partial charge on any atom is 0.178 e. The topological polar surface area (TPSA) is 20.3 Å². The summed E-state index contributed by atoms with van der Waals surface area (Å²) in [6, 6.07) is 15.4. The fraction of sp³-hybridized carbons (Fsp3) is 0.105. The number of carbonyl (C=O) groups excluding carboxylic acids is 1. The summed E-state index contributed by atoms with van der Waals surface area (Å²) < 4.78 is 0. The van der Waals surface area contributed by atoms with E-state index in [0.717, 1.165) is 16.8 Å². The Bertz CT molecular complexity index is 700. The molecule has 2 aromatic rings. The van der Waals surface area contributed by atoms with Crippen LogP contribution in [0.3, 0.4) is 0 Å². The Morgan fingerprint density at radius 2 is 1.59 bits per heavy atom. The van der Waals surface area contributed by atoms with E-state index < -0.39 is 0 Å². The maximum absolute atomic E-state index is 11.8. The van der Waals surface area contributed by atoms with Crippen molar-refractivity contribution in [1.82, 2.24) is 0 Å². The number of carbonyl (C=O) groups is 1. The van der Waals surface area contributed by atoms with Gasteiger partial charge in [0.2, 0.25) is 0 Å². The molecule has 0 aliphatic carbocycles. The molecule has 0 heterocycles. The quantitative estimate of drug-likeness (QED) is 0.746. The lowest BCUT2D eigenvalue weighted by Crippen LogP contribution is -2.07. The fourth-order valence-electron chi connectivity index (χ4n) is 1.91. The summed E-state index contributed by atoms with van der Waals surface area (Å²) in [7, 11) is 3.99. The zero-order valence-electron chi connectivity index (χ0n) is 12.7. The molecule has 0 aliphatic heterocycles. The second-order valence-corrected chi connectivity index (χ2v) is 5.55. The first-order valence-electron chi connectivity index (χ1n) is 6.98. The number of benzene rings is 2. The number of hydrogen-bond acceptors (Lipinski definition) is 2. The van der Waals surface area contributed by atoms with Gasteiger partial charge in [-0.25, -0.2) is 0 Å². The van der Waals surface area contributed by atoms with Crippen LogP contribution in [0.2, 0.25) is 5.02 Å². The van der Waals surface area contributed by atoms with E-state index in [2.05, 4.69) is 0 Å². The SMILES string of the molecule is CN(C)c1ccc(C=CC(=O)C=Cc2cccc(Cl)c2)cc1. The normalized spacial score (nSPS) is 11.2. The third-order valence-corrected chi connectivity index (χ3v) is 3.37. The van der Waals surface area contributed by atoms with Gasteiger partial charge in [0.1, 0.15) is 0 Å². The molecule has 0 aromatic heterocycles. The Kier molecular flexibility index (Phi) is 5.56. The van der Waals surface area contributed by atoms with Gasteiger partial charge < -0.3 is 4.90 Å². The van der Waals surface area contributed by atoms with Gasteiger partial charge in [-0.2, -0.15) is 0 Å². The monoisotopic (exact) mass is 311 g/mol. The molecule has 0 N–H and O–H groups in total. The highest BCUT2D eigenvalue weighted by Gasteiger charge is 1.95. The van der Waals surface area contributed by atoms with Crippen molar-refractivity contribution in [2.75, 3.05) is 19.0 Å². The van der Waals surface area contributed by atoms with Gasteiger partial charge in [0.05, 0.1) is 0 Å². The van der Waals surface area contributed by atoms with Crippen molar-refractivity contribution >= 4 is 35.2 Å². The highest BCUT2D eigenvalue weighted by molar-refractivity contribution is 6.30. The molecular formula is C19H18ClNO. The zero-order valence-corrected chi connectivity index (χ0v) is 13.4. The van der Waals surface area contributed by atoms with Crippen LogP contribution >= 0.6 is 11.6 Å². The van der Waals surface area contributed by atoms with E-state index in [9.17, 15) is 4.79 Å². The van der Waals surface area contributed by atoms with Gasteiger partial charge in [-0.05, 0) is 47.5 Å². The Hall–Kier alpha value is -2.32. The van der Waals surface area contributed by atoms with Gasteiger partial charge in [-0.15, -0.1) is 0 Å². The van der Waals surface area contributed by atoms with E-state index in [1.54, 1.807) is 18.2 Å². The van der Waals surface area contributed by atoms with E-state index >= 15 is 0 Å². The molecule has 0 radical (unpaired) electrons. The lowest BCUT2D eigenvalue weighted by atomic mass is 10.1. The van der Waals surface area contributed by atoms with Crippen LogP contribution in [0.1, 0.15) is 11.1 Å². The molecule has 2 nitrogen and oxygen atoms in total. The van der Waals surface area contributed by atoms with E-state index in [1.807, 2.05) is 67.5 Å². The van der Waals surface area contributed by atoms with Crippen LogP contribution < -0.4 is 4.90 Å². The average Bonchev–Trinajstić information content (AvgIpc) is 2.51. The predicted octanol–water partition coefficient (Wildman–Crippen LogP) is 4.70. The highest BCUT2D eigenvalue weighted by Crippen LogP contribution is 2.14. The predicted molar refractivity (Wildman–Crippen MR) is 95.3 cm³/mol. The number of ketones is 1. The molecule has 0 saturated carbocycles. The minimum absolute atomic E-state index is 0.0586. The van der Waals surface area contributed by atoms with Crippen molar-refractivity contribution in [2.24, 2.45) is 0 Å². The molecule has 112 valence electrons. The smallest absolute Gasteiger partial charge is 0.178 e. The van der Waals surface area contributed by atoms with Crippen molar-refractivity contribution in [2.45, 2.75) is 0 Å². The molecule has 22 heavy (non-hydrogen) atoms. The fourth-order valence-corrected chi connectivity index (χ4v) is 2.10. The van der Waals surface area contributed by atoms with Gasteiger partial charge in [0, 0.05) is 24.8 Å². The minimum Gasteiger partial charge on any atom is -0.378 e. The Morgan fingerprint density at radius 1 is 0.955 bits per heavy atom. The number of rotatable bonds is 5. The van der Waals surface area contributed by atoms with Gasteiger partial charge in [0.25, 0.3) is 0 Å². The van der Waals surface area contributed by atoms with E-state index in [0.29, 0.717) is 5.02 Å². The van der Waals surface area contributed by atoms with Crippen LogP contribution in [-0.4, -0.2) is 19.9 Å². The van der Waals surface area contributed by atoms with Crippen LogP contribution in [0.25, 0.3) is 12.2 Å². The van der Waals surface area contributed by atoms with Crippen LogP contribution in [0, 0.1) is 0 Å². The molecule has 3 heteroatoms. The molecule has 0 spiro atoms. The summed E-state index contributed by atoms with van der Waals surface area (Å²) in [5.41, 5.74) is 3.03. The summed E-state index contributed by atoms with van der Waals surface area (Å²) in [4.78, 5) is 13.9. The van der Waals surface area contributed by atoms with Crippen molar-refractivity contribution in [3.8, 4) is 0 Å². The van der Waals surface area contributed by atoms with Crippen LogP contribution in [-0.2, 0) is 4.79 Å². The van der Waals surface area contributed by atoms with Crippen LogP contribution in [0.4, 0.5) is 5.69 Å². The summed E-state index contributed by atoms with van der Waals surface area (Å²) in [6.45, 7) is 0. The molecule has 2 rings (SSSR count). The zero-order chi connectivity index (χ0) is 15.9. The third kappa shape index (κ3) is 4.90. The highest BCUT2D eigenvalue weighted by atomic mass is 35.5. The Labute approximate surface area is 136 Å². The van der Waals surface area contributed by atoms with E-state index in [-0.39, 0.29) is 5.78 Å². The molecule has 0 amide bonds. The molecule has 0 saturated heterocycles. The molecular weight excluding hydrogens is 294 g/mol. The number of allylic oxidation sites excluding steroid dienone is 2. The van der Waals surface area contributed by atoms with Gasteiger partial charge in [-0.3, -0.25) is 4.79 Å². The van der Waals surface area contributed by atoms with Crippen molar-refractivity contribution in [1.29, 1.82) is 0 Å². The number of hydrogen-bond donors (Lipinski definition) is 0. The minimum atomic E-state index is -0.0586. The lowest BCUT2D eigenvalue weighted by molar-refractivity contribution is -0.110. The summed E-state index contributed by atoms with van der Waals surface area (Å²) in [5, 5.41) is 0.658. The molecule has 0 aliphatic rings. The lowest BCUT2D eigenvalue weighted by Gasteiger charge is -2.11. The first kappa shape index (κ1) is 16.1. The molecule has 2 aromatic carbocycles. The third-order valence-electron chi connectivity index (χ3n) is 3.14. The Balaban J connectivity index is 1.99. The van der Waals surface area contributed by atoms with Gasteiger partial charge >= 0.3 is 0 Å². The average molecular weight is 312 g/mol. The summed E-state index contributed by atoms with van der Waals surface area (Å²) in [6.07, 6.45) is 6.67. The number of nitrogens with zero attached hydrogens (tertiary/aromatic N) is 1. The number of halogens is 1. The standard InChI is InChI=1S/C19H18ClNO/c1-21(2)18-10-6-15(7-11-18)8-12-19(22)13-9-16-4-3-5-17(20)14-16/h3-14H,1-2H3. The van der Waals surface area contributed by atoms with Crippen LogP contribution in [0.5, 0.6) is 0 Å². The molecule has 0 atom stereocenters. The summed E-state index contributed by atoms with van der Waals surface area (Å²) >= 11 is 5.90. The van der Waals surface area contributed by atoms with Crippen molar-refractivity contribution in [3.05, 3.63) is 76.8 Å². The second kappa shape index (κ2) is 7.62. The van der Waals surface area contributed by atoms with Crippen molar-refractivity contribution in [3.63, 3.8) is 0 Å². The number of anilines is 1. The van der Waals surface area contributed by atoms with Crippen molar-refractivity contribution < 1.29 is 4.79 Å². The first-order chi connectivity index (χ1) is 10.5. The largest absolute Gasteiger partial charge is 0.378 e. The molecule has 0 bridgehead atoms. The molecule has 0 unspecified atom stereocenters. The Morgan fingerprint density at radius 3 is 2.18 bits per heavy atom. The first-order valence-corrected chi connectivity index (χ1v) is 7.35.